The summed E-state index contributed by atoms with van der Waals surface area (Å²) in [6.07, 6.45) is 0. The van der Waals surface area contributed by atoms with E-state index in [4.69, 9.17) is 18.4 Å². The number of benzene rings is 2. The monoisotopic (exact) mass is 378 g/mol. The van der Waals surface area contributed by atoms with Gasteiger partial charge in [0.1, 0.15) is 16.9 Å². The lowest BCUT2D eigenvalue weighted by atomic mass is 10.1. The van der Waals surface area contributed by atoms with Crippen molar-refractivity contribution in [2.24, 2.45) is 0 Å². The molecule has 4 aromatic rings. The summed E-state index contributed by atoms with van der Waals surface area (Å²) in [7, 11) is 2.87. The molecule has 140 valence electrons. The minimum Gasteiger partial charge on any atom is -0.497 e. The fourth-order valence-electron chi connectivity index (χ4n) is 2.71. The molecular weight excluding hydrogens is 364 g/mol. The number of fused-ring (bicyclic) bond motifs is 1. The molecular formula is C20H14N2O6. The summed E-state index contributed by atoms with van der Waals surface area (Å²) in [5, 5.41) is 4.45. The second-order valence-corrected chi connectivity index (χ2v) is 5.84. The van der Waals surface area contributed by atoms with Crippen molar-refractivity contribution in [2.45, 2.75) is 0 Å². The highest BCUT2D eigenvalue weighted by atomic mass is 16.5. The third kappa shape index (κ3) is 3.11. The number of ether oxygens (including phenoxy) is 2. The van der Waals surface area contributed by atoms with Gasteiger partial charge in [0.05, 0.1) is 19.8 Å². The van der Waals surface area contributed by atoms with Crippen molar-refractivity contribution in [3.63, 3.8) is 0 Å². The van der Waals surface area contributed by atoms with Crippen LogP contribution in [-0.2, 0) is 4.74 Å². The normalized spacial score (nSPS) is 10.8. The number of carbonyl (C=O) groups excluding carboxylic acids is 1. The molecule has 2 aromatic carbocycles. The summed E-state index contributed by atoms with van der Waals surface area (Å²) in [6, 6.07) is 13.2. The molecule has 0 aliphatic rings. The number of carbonyl (C=O) groups is 1. The molecule has 0 fully saturated rings. The Bertz CT molecular complexity index is 1220. The van der Waals surface area contributed by atoms with Gasteiger partial charge in [-0.05, 0) is 48.5 Å². The SMILES string of the molecule is COC(=O)c1ccc2oc(=O)c(-c3nc(-c4ccc(OC)cc4)no3)cc2c1. The molecule has 0 aliphatic carbocycles. The highest BCUT2D eigenvalue weighted by Crippen LogP contribution is 2.25. The van der Waals surface area contributed by atoms with Gasteiger partial charge in [0.25, 0.3) is 5.89 Å². The highest BCUT2D eigenvalue weighted by molar-refractivity contribution is 5.94. The van der Waals surface area contributed by atoms with Crippen molar-refractivity contribution in [1.29, 1.82) is 0 Å². The first-order valence-corrected chi connectivity index (χ1v) is 8.24. The van der Waals surface area contributed by atoms with E-state index >= 15 is 0 Å². The Morgan fingerprint density at radius 2 is 1.82 bits per heavy atom. The summed E-state index contributed by atoms with van der Waals surface area (Å²) in [4.78, 5) is 28.3. The molecule has 8 heteroatoms. The van der Waals surface area contributed by atoms with Crippen LogP contribution in [0.5, 0.6) is 5.75 Å². The Morgan fingerprint density at radius 3 is 2.54 bits per heavy atom. The molecule has 2 aromatic heterocycles. The predicted molar refractivity (Wildman–Crippen MR) is 99.1 cm³/mol. The maximum atomic E-state index is 12.3. The van der Waals surface area contributed by atoms with Crippen LogP contribution in [0.25, 0.3) is 33.8 Å². The van der Waals surface area contributed by atoms with Gasteiger partial charge < -0.3 is 18.4 Å². The van der Waals surface area contributed by atoms with Crippen LogP contribution in [0.4, 0.5) is 0 Å². The number of esters is 1. The Hall–Kier alpha value is -3.94. The van der Waals surface area contributed by atoms with Crippen molar-refractivity contribution in [2.75, 3.05) is 14.2 Å². The standard InChI is InChI=1S/C20H14N2O6/c1-25-14-6-3-11(4-7-14)17-21-18(28-22-17)15-10-13-9-12(19(23)26-2)5-8-16(13)27-20(15)24/h3-10H,1-2H3. The van der Waals surface area contributed by atoms with Gasteiger partial charge in [-0.3, -0.25) is 0 Å². The van der Waals surface area contributed by atoms with Gasteiger partial charge in [-0.25, -0.2) is 9.59 Å². The maximum absolute atomic E-state index is 12.3. The molecule has 0 radical (unpaired) electrons. The Morgan fingerprint density at radius 1 is 1.04 bits per heavy atom. The van der Waals surface area contributed by atoms with E-state index in [1.165, 1.54) is 19.2 Å². The van der Waals surface area contributed by atoms with Crippen molar-refractivity contribution in [3.8, 4) is 28.6 Å². The zero-order valence-corrected chi connectivity index (χ0v) is 15.0. The fraction of sp³-hybridized carbons (Fsp3) is 0.100. The van der Waals surface area contributed by atoms with E-state index in [9.17, 15) is 9.59 Å². The van der Waals surface area contributed by atoms with Gasteiger partial charge in [-0.2, -0.15) is 4.98 Å². The van der Waals surface area contributed by atoms with Crippen LogP contribution in [0.2, 0.25) is 0 Å². The van der Waals surface area contributed by atoms with E-state index in [-0.39, 0.29) is 11.5 Å². The van der Waals surface area contributed by atoms with E-state index < -0.39 is 11.6 Å². The Kier molecular flexibility index (Phi) is 4.36. The van der Waals surface area contributed by atoms with Crippen LogP contribution in [0.1, 0.15) is 10.4 Å². The van der Waals surface area contributed by atoms with E-state index in [2.05, 4.69) is 10.1 Å². The number of aromatic nitrogens is 2. The lowest BCUT2D eigenvalue weighted by molar-refractivity contribution is 0.0601. The van der Waals surface area contributed by atoms with Gasteiger partial charge in [0.15, 0.2) is 0 Å². The molecule has 0 aliphatic heterocycles. The third-order valence-corrected chi connectivity index (χ3v) is 4.16. The third-order valence-electron chi connectivity index (χ3n) is 4.16. The van der Waals surface area contributed by atoms with Gasteiger partial charge >= 0.3 is 11.6 Å². The number of hydrogen-bond donors (Lipinski definition) is 0. The van der Waals surface area contributed by atoms with Crippen LogP contribution >= 0.6 is 0 Å². The van der Waals surface area contributed by atoms with Gasteiger partial charge in [-0.15, -0.1) is 0 Å². The summed E-state index contributed by atoms with van der Waals surface area (Å²) in [6.45, 7) is 0. The molecule has 4 rings (SSSR count). The van der Waals surface area contributed by atoms with Crippen LogP contribution < -0.4 is 10.4 Å². The summed E-state index contributed by atoms with van der Waals surface area (Å²) in [5.74, 6) is 0.545. The summed E-state index contributed by atoms with van der Waals surface area (Å²) in [5.41, 5.74) is 0.842. The minimum absolute atomic E-state index is 0.0185. The number of rotatable bonds is 4. The number of methoxy groups -OCH3 is 2. The summed E-state index contributed by atoms with van der Waals surface area (Å²) < 4.78 is 20.4. The average molecular weight is 378 g/mol. The number of nitrogens with zero attached hydrogens (tertiary/aromatic N) is 2. The first-order chi connectivity index (χ1) is 13.6. The summed E-state index contributed by atoms with van der Waals surface area (Å²) >= 11 is 0. The first-order valence-electron chi connectivity index (χ1n) is 8.24. The zero-order chi connectivity index (χ0) is 19.7. The molecule has 8 nitrogen and oxygen atoms in total. The van der Waals surface area contributed by atoms with Crippen LogP contribution in [0, 0.1) is 0 Å². The van der Waals surface area contributed by atoms with Gasteiger partial charge in [0.2, 0.25) is 5.82 Å². The average Bonchev–Trinajstić information content (AvgIpc) is 3.22. The largest absolute Gasteiger partial charge is 0.497 e. The van der Waals surface area contributed by atoms with E-state index in [1.807, 2.05) is 0 Å². The van der Waals surface area contributed by atoms with Crippen molar-refractivity contribution < 1.29 is 23.2 Å². The maximum Gasteiger partial charge on any atom is 0.349 e. The minimum atomic E-state index is -0.622. The highest BCUT2D eigenvalue weighted by Gasteiger charge is 2.17. The van der Waals surface area contributed by atoms with Gasteiger partial charge in [0, 0.05) is 10.9 Å². The smallest absolute Gasteiger partial charge is 0.349 e. The quantitative estimate of drug-likeness (QED) is 0.393. The molecule has 0 amide bonds. The fourth-order valence-corrected chi connectivity index (χ4v) is 2.71. The second kappa shape index (κ2) is 6.99. The van der Waals surface area contributed by atoms with Crippen molar-refractivity contribution in [3.05, 3.63) is 64.5 Å². The second-order valence-electron chi connectivity index (χ2n) is 5.84. The van der Waals surface area contributed by atoms with Crippen LogP contribution in [0.15, 0.2) is 62.3 Å². The van der Waals surface area contributed by atoms with E-state index in [0.717, 1.165) is 0 Å². The topological polar surface area (TPSA) is 105 Å². The zero-order valence-electron chi connectivity index (χ0n) is 15.0. The molecule has 0 saturated heterocycles. The van der Waals surface area contributed by atoms with Crippen LogP contribution in [-0.4, -0.2) is 30.3 Å². The van der Waals surface area contributed by atoms with E-state index in [0.29, 0.717) is 33.7 Å². The molecule has 0 unspecified atom stereocenters. The van der Waals surface area contributed by atoms with Crippen LogP contribution in [0.3, 0.4) is 0 Å². The molecule has 0 N–H and O–H groups in total. The van der Waals surface area contributed by atoms with Gasteiger partial charge in [-0.1, -0.05) is 5.16 Å². The molecule has 0 atom stereocenters. The van der Waals surface area contributed by atoms with Crippen molar-refractivity contribution >= 4 is 16.9 Å². The molecule has 2 heterocycles. The molecule has 0 spiro atoms. The molecule has 28 heavy (non-hydrogen) atoms. The Labute approximate surface area is 158 Å². The lowest BCUT2D eigenvalue weighted by Crippen LogP contribution is -2.04. The van der Waals surface area contributed by atoms with Crippen molar-refractivity contribution in [1.82, 2.24) is 10.1 Å². The number of hydrogen-bond acceptors (Lipinski definition) is 8. The first kappa shape index (κ1) is 17.5. The predicted octanol–water partition coefficient (Wildman–Crippen LogP) is 3.31. The molecule has 0 bridgehead atoms. The van der Waals surface area contributed by atoms with E-state index in [1.54, 1.807) is 43.5 Å². The molecule has 0 saturated carbocycles. The Balaban J connectivity index is 1.75. The lowest BCUT2D eigenvalue weighted by Gasteiger charge is -2.02.